The number of carboxylic acid groups (broad SMARTS) is 1. The lowest BCUT2D eigenvalue weighted by molar-refractivity contribution is -0.137. The van der Waals surface area contributed by atoms with Gasteiger partial charge in [0.15, 0.2) is 5.82 Å². The number of hydrogen-bond donors (Lipinski definition) is 4. The number of nitrogens with one attached hydrogen (secondary N) is 3. The minimum Gasteiger partial charge on any atom is -0.480 e. The van der Waals surface area contributed by atoms with Crippen LogP contribution in [0.25, 0.3) is 0 Å². The Bertz CT molecular complexity index is 500. The molecule has 0 unspecified atom stereocenters. The molecule has 10 heteroatoms. The van der Waals surface area contributed by atoms with Crippen LogP contribution in [-0.2, 0) is 16.1 Å². The second-order valence-corrected chi connectivity index (χ2v) is 4.02. The number of carboxylic acids is 1. The van der Waals surface area contributed by atoms with Crippen molar-refractivity contribution in [1.82, 2.24) is 30.7 Å². The van der Waals surface area contributed by atoms with Crippen molar-refractivity contribution < 1.29 is 19.5 Å². The Balaban J connectivity index is 2.31. The number of aliphatic carboxylic acids is 1. The van der Waals surface area contributed by atoms with Gasteiger partial charge in [-0.15, -0.1) is 0 Å². The Hall–Kier alpha value is -2.65. The summed E-state index contributed by atoms with van der Waals surface area (Å²) < 4.78 is 0. The monoisotopic (exact) mass is 284 g/mol. The first-order chi connectivity index (χ1) is 9.38. The number of rotatable bonds is 6. The van der Waals surface area contributed by atoms with E-state index >= 15 is 0 Å². The SMILES string of the molecule is Cc1nc(CN(C)C(=O)NCC(=O)NCC(=O)O)n[nH]1. The molecule has 0 fully saturated rings. The first kappa shape index (κ1) is 15.4. The van der Waals surface area contributed by atoms with Crippen molar-refractivity contribution >= 4 is 17.9 Å². The molecule has 0 aliphatic carbocycles. The Morgan fingerprint density at radius 2 is 2.00 bits per heavy atom. The molecular weight excluding hydrogens is 268 g/mol. The maximum Gasteiger partial charge on any atom is 0.322 e. The summed E-state index contributed by atoms with van der Waals surface area (Å²) in [7, 11) is 1.52. The Morgan fingerprint density at radius 1 is 1.30 bits per heavy atom. The van der Waals surface area contributed by atoms with Crippen LogP contribution in [-0.4, -0.2) is 63.2 Å². The average molecular weight is 284 g/mol. The average Bonchev–Trinajstić information content (AvgIpc) is 2.78. The molecule has 0 saturated carbocycles. The number of amides is 3. The van der Waals surface area contributed by atoms with E-state index in [1.807, 2.05) is 0 Å². The Morgan fingerprint density at radius 3 is 2.55 bits per heavy atom. The normalized spacial score (nSPS) is 9.90. The van der Waals surface area contributed by atoms with Crippen molar-refractivity contribution in [2.75, 3.05) is 20.1 Å². The van der Waals surface area contributed by atoms with E-state index in [4.69, 9.17) is 5.11 Å². The molecule has 0 saturated heterocycles. The number of hydrogen-bond acceptors (Lipinski definition) is 5. The highest BCUT2D eigenvalue weighted by Gasteiger charge is 2.13. The summed E-state index contributed by atoms with van der Waals surface area (Å²) in [5.41, 5.74) is 0. The molecule has 0 spiro atoms. The first-order valence-electron chi connectivity index (χ1n) is 5.74. The number of carbonyl (C=O) groups is 3. The maximum absolute atomic E-state index is 11.6. The van der Waals surface area contributed by atoms with E-state index < -0.39 is 24.5 Å². The lowest BCUT2D eigenvalue weighted by Crippen LogP contribution is -2.43. The standard InChI is InChI=1S/C10H16N6O4/c1-6-13-7(15-14-6)5-16(2)10(20)12-3-8(17)11-4-9(18)19/h3-5H2,1-2H3,(H,11,17)(H,12,20)(H,18,19)(H,13,14,15). The van der Waals surface area contributed by atoms with E-state index in [0.717, 1.165) is 0 Å². The molecule has 20 heavy (non-hydrogen) atoms. The smallest absolute Gasteiger partial charge is 0.322 e. The predicted octanol–water partition coefficient (Wildman–Crippen LogP) is -1.54. The van der Waals surface area contributed by atoms with Gasteiger partial charge in [0.25, 0.3) is 0 Å². The molecule has 0 bridgehead atoms. The lowest BCUT2D eigenvalue weighted by Gasteiger charge is -2.15. The van der Waals surface area contributed by atoms with Crippen LogP contribution < -0.4 is 10.6 Å². The first-order valence-corrected chi connectivity index (χ1v) is 5.74. The Kier molecular flexibility index (Phi) is 5.44. The van der Waals surface area contributed by atoms with Gasteiger partial charge in [0.05, 0.1) is 13.1 Å². The third-order valence-electron chi connectivity index (χ3n) is 2.21. The van der Waals surface area contributed by atoms with Crippen LogP contribution in [0.2, 0.25) is 0 Å². The molecule has 3 amide bonds. The Labute approximate surface area is 114 Å². The fourth-order valence-electron chi connectivity index (χ4n) is 1.27. The van der Waals surface area contributed by atoms with Crippen molar-refractivity contribution in [2.45, 2.75) is 13.5 Å². The summed E-state index contributed by atoms with van der Waals surface area (Å²) in [5.74, 6) is -0.637. The van der Waals surface area contributed by atoms with Gasteiger partial charge in [0.1, 0.15) is 12.4 Å². The van der Waals surface area contributed by atoms with Crippen LogP contribution in [0, 0.1) is 6.92 Å². The van der Waals surface area contributed by atoms with Gasteiger partial charge in [-0.2, -0.15) is 5.10 Å². The van der Waals surface area contributed by atoms with E-state index in [-0.39, 0.29) is 13.1 Å². The van der Waals surface area contributed by atoms with E-state index in [9.17, 15) is 14.4 Å². The number of H-pyrrole nitrogens is 1. The predicted molar refractivity (Wildman–Crippen MR) is 66.6 cm³/mol. The van der Waals surface area contributed by atoms with Gasteiger partial charge in [-0.25, -0.2) is 9.78 Å². The number of carbonyl (C=O) groups excluding carboxylic acids is 2. The summed E-state index contributed by atoms with van der Waals surface area (Å²) in [6.07, 6.45) is 0. The summed E-state index contributed by atoms with van der Waals surface area (Å²) in [5, 5.41) is 19.4. The van der Waals surface area contributed by atoms with Gasteiger partial charge in [0, 0.05) is 7.05 Å². The summed E-state index contributed by atoms with van der Waals surface area (Å²) in [6, 6.07) is -0.488. The van der Waals surface area contributed by atoms with Crippen molar-refractivity contribution in [1.29, 1.82) is 0 Å². The van der Waals surface area contributed by atoms with E-state index in [2.05, 4.69) is 25.8 Å². The zero-order valence-corrected chi connectivity index (χ0v) is 11.1. The molecule has 1 aromatic heterocycles. The molecule has 10 nitrogen and oxygen atoms in total. The third-order valence-corrected chi connectivity index (χ3v) is 2.21. The second kappa shape index (κ2) is 7.07. The number of aromatic amines is 1. The largest absolute Gasteiger partial charge is 0.480 e. The van der Waals surface area contributed by atoms with Crippen LogP contribution in [0.1, 0.15) is 11.6 Å². The number of urea groups is 1. The van der Waals surface area contributed by atoms with Gasteiger partial charge < -0.3 is 20.6 Å². The molecule has 1 rings (SSSR count). The second-order valence-electron chi connectivity index (χ2n) is 4.02. The van der Waals surface area contributed by atoms with Crippen LogP contribution in [0.5, 0.6) is 0 Å². The van der Waals surface area contributed by atoms with Crippen molar-refractivity contribution in [3.05, 3.63) is 11.6 Å². The zero-order chi connectivity index (χ0) is 15.1. The van der Waals surface area contributed by atoms with Crippen LogP contribution >= 0.6 is 0 Å². The highest BCUT2D eigenvalue weighted by Crippen LogP contribution is 1.96. The molecule has 0 aliphatic rings. The molecule has 1 heterocycles. The van der Waals surface area contributed by atoms with Gasteiger partial charge in [-0.05, 0) is 6.92 Å². The van der Waals surface area contributed by atoms with Gasteiger partial charge in [-0.3, -0.25) is 14.7 Å². The molecule has 4 N–H and O–H groups in total. The summed E-state index contributed by atoms with van der Waals surface area (Å²) >= 11 is 0. The fourth-order valence-corrected chi connectivity index (χ4v) is 1.27. The highest BCUT2D eigenvalue weighted by molar-refractivity contribution is 5.86. The van der Waals surface area contributed by atoms with Crippen LogP contribution in [0.4, 0.5) is 4.79 Å². The molecule has 110 valence electrons. The highest BCUT2D eigenvalue weighted by atomic mass is 16.4. The van der Waals surface area contributed by atoms with E-state index in [1.54, 1.807) is 6.92 Å². The van der Waals surface area contributed by atoms with Crippen LogP contribution in [0.3, 0.4) is 0 Å². The molecule has 0 atom stereocenters. The lowest BCUT2D eigenvalue weighted by atomic mass is 10.5. The minimum atomic E-state index is -1.15. The summed E-state index contributed by atoms with van der Waals surface area (Å²) in [6.45, 7) is 1.14. The van der Waals surface area contributed by atoms with E-state index in [0.29, 0.717) is 11.6 Å². The molecule has 0 aromatic carbocycles. The molecule has 0 aliphatic heterocycles. The van der Waals surface area contributed by atoms with Gasteiger partial charge in [0.2, 0.25) is 5.91 Å². The third kappa shape index (κ3) is 5.33. The topological polar surface area (TPSA) is 140 Å². The zero-order valence-electron chi connectivity index (χ0n) is 11.1. The molecule has 0 radical (unpaired) electrons. The number of nitrogens with zero attached hydrogens (tertiary/aromatic N) is 3. The van der Waals surface area contributed by atoms with Gasteiger partial charge >= 0.3 is 12.0 Å². The number of aromatic nitrogens is 3. The molecule has 1 aromatic rings. The van der Waals surface area contributed by atoms with E-state index in [1.165, 1.54) is 11.9 Å². The maximum atomic E-state index is 11.6. The van der Waals surface area contributed by atoms with Crippen molar-refractivity contribution in [2.24, 2.45) is 0 Å². The number of aryl methyl sites for hydroxylation is 1. The van der Waals surface area contributed by atoms with Gasteiger partial charge in [-0.1, -0.05) is 0 Å². The fraction of sp³-hybridized carbons (Fsp3) is 0.500. The summed E-state index contributed by atoms with van der Waals surface area (Å²) in [4.78, 5) is 38.4. The van der Waals surface area contributed by atoms with Crippen molar-refractivity contribution in [3.8, 4) is 0 Å². The van der Waals surface area contributed by atoms with Crippen molar-refractivity contribution in [3.63, 3.8) is 0 Å². The minimum absolute atomic E-state index is 0.187. The molecular formula is C10H16N6O4. The van der Waals surface area contributed by atoms with Crippen LogP contribution in [0.15, 0.2) is 0 Å². The quantitative estimate of drug-likeness (QED) is 0.499.